The van der Waals surface area contributed by atoms with Crippen LogP contribution < -0.4 is 4.74 Å². The van der Waals surface area contributed by atoms with Gasteiger partial charge in [0.1, 0.15) is 11.5 Å². The van der Waals surface area contributed by atoms with Crippen LogP contribution in [0.2, 0.25) is 5.02 Å². The molecule has 3 rings (SSSR count). The number of methoxy groups -OCH3 is 1. The molecule has 1 N–H and O–H groups in total. The molecule has 6 nitrogen and oxygen atoms in total. The predicted molar refractivity (Wildman–Crippen MR) is 119 cm³/mol. The van der Waals surface area contributed by atoms with Gasteiger partial charge in [0.25, 0.3) is 11.7 Å². The quantitative estimate of drug-likeness (QED) is 0.265. The van der Waals surface area contributed by atoms with Crippen molar-refractivity contribution in [3.05, 3.63) is 70.3 Å². The summed E-state index contributed by atoms with van der Waals surface area (Å²) in [6.07, 6.45) is 1.42. The largest absolute Gasteiger partial charge is 0.507 e. The minimum atomic E-state index is -0.724. The normalized spacial score (nSPS) is 17.9. The summed E-state index contributed by atoms with van der Waals surface area (Å²) in [4.78, 5) is 27.3. The Bertz CT molecular complexity index is 970. The van der Waals surface area contributed by atoms with Gasteiger partial charge in [-0.15, -0.1) is 0 Å². The van der Waals surface area contributed by atoms with Crippen LogP contribution in [0, 0.1) is 0 Å². The molecule has 1 heterocycles. The van der Waals surface area contributed by atoms with Crippen LogP contribution in [0.1, 0.15) is 36.9 Å². The molecule has 1 unspecified atom stereocenters. The molecule has 0 saturated carbocycles. The van der Waals surface area contributed by atoms with Gasteiger partial charge in [-0.2, -0.15) is 0 Å². The second kappa shape index (κ2) is 10.5. The lowest BCUT2D eigenvalue weighted by molar-refractivity contribution is -0.140. The van der Waals surface area contributed by atoms with Gasteiger partial charge in [0.15, 0.2) is 0 Å². The highest BCUT2D eigenvalue weighted by Gasteiger charge is 2.45. The third kappa shape index (κ3) is 5.09. The Labute approximate surface area is 187 Å². The first kappa shape index (κ1) is 22.8. The van der Waals surface area contributed by atoms with Crippen molar-refractivity contribution < 1.29 is 24.2 Å². The number of aliphatic hydroxyl groups excluding tert-OH is 1. The molecule has 2 aromatic carbocycles. The number of hydrogen-bond acceptors (Lipinski definition) is 5. The Morgan fingerprint density at radius 2 is 1.87 bits per heavy atom. The summed E-state index contributed by atoms with van der Waals surface area (Å²) >= 11 is 5.95. The van der Waals surface area contributed by atoms with Crippen LogP contribution in [0.5, 0.6) is 5.75 Å². The molecule has 0 aliphatic carbocycles. The van der Waals surface area contributed by atoms with E-state index in [0.29, 0.717) is 48.1 Å². The number of benzene rings is 2. The third-order valence-corrected chi connectivity index (χ3v) is 5.30. The van der Waals surface area contributed by atoms with Crippen molar-refractivity contribution in [2.24, 2.45) is 0 Å². The van der Waals surface area contributed by atoms with E-state index in [0.717, 1.165) is 6.42 Å². The first-order valence-corrected chi connectivity index (χ1v) is 10.6. The van der Waals surface area contributed by atoms with Crippen LogP contribution in [0.4, 0.5) is 0 Å². The summed E-state index contributed by atoms with van der Waals surface area (Å²) < 4.78 is 10.8. The van der Waals surface area contributed by atoms with Gasteiger partial charge in [-0.25, -0.2) is 0 Å². The van der Waals surface area contributed by atoms with Gasteiger partial charge < -0.3 is 19.5 Å². The van der Waals surface area contributed by atoms with Crippen molar-refractivity contribution in [2.75, 3.05) is 26.9 Å². The van der Waals surface area contributed by atoms with E-state index >= 15 is 0 Å². The number of hydrogen-bond donors (Lipinski definition) is 1. The molecule has 2 aromatic rings. The molecule has 1 fully saturated rings. The van der Waals surface area contributed by atoms with E-state index < -0.39 is 17.7 Å². The maximum absolute atomic E-state index is 13.0. The zero-order chi connectivity index (χ0) is 22.4. The number of nitrogens with zero attached hydrogens (tertiary/aromatic N) is 1. The molecule has 1 amide bonds. The summed E-state index contributed by atoms with van der Waals surface area (Å²) in [5.41, 5.74) is 1.17. The Morgan fingerprint density at radius 3 is 2.55 bits per heavy atom. The van der Waals surface area contributed by atoms with Gasteiger partial charge in [-0.1, -0.05) is 30.7 Å². The van der Waals surface area contributed by atoms with E-state index in [9.17, 15) is 14.7 Å². The number of aliphatic hydroxyl groups is 1. The summed E-state index contributed by atoms with van der Waals surface area (Å²) in [7, 11) is 1.58. The van der Waals surface area contributed by atoms with E-state index in [1.54, 1.807) is 31.4 Å². The van der Waals surface area contributed by atoms with E-state index in [2.05, 4.69) is 0 Å². The fourth-order valence-electron chi connectivity index (χ4n) is 3.59. The fraction of sp³-hybridized carbons (Fsp3) is 0.333. The monoisotopic (exact) mass is 443 g/mol. The number of halogens is 1. The van der Waals surface area contributed by atoms with Crippen molar-refractivity contribution in [1.29, 1.82) is 0 Å². The number of ether oxygens (including phenoxy) is 2. The van der Waals surface area contributed by atoms with Crippen molar-refractivity contribution >= 4 is 29.1 Å². The van der Waals surface area contributed by atoms with Crippen LogP contribution >= 0.6 is 11.6 Å². The Morgan fingerprint density at radius 1 is 1.13 bits per heavy atom. The zero-order valence-electron chi connectivity index (χ0n) is 17.6. The number of rotatable bonds is 9. The van der Waals surface area contributed by atoms with E-state index in [1.807, 2.05) is 31.2 Å². The smallest absolute Gasteiger partial charge is 0.295 e. The molecule has 0 spiro atoms. The summed E-state index contributed by atoms with van der Waals surface area (Å²) in [6, 6.07) is 13.0. The van der Waals surface area contributed by atoms with Crippen LogP contribution in [-0.4, -0.2) is 48.6 Å². The van der Waals surface area contributed by atoms with E-state index in [1.165, 1.54) is 4.90 Å². The van der Waals surface area contributed by atoms with E-state index in [-0.39, 0.29) is 11.3 Å². The molecule has 0 aromatic heterocycles. The van der Waals surface area contributed by atoms with Crippen molar-refractivity contribution in [1.82, 2.24) is 4.90 Å². The Kier molecular flexibility index (Phi) is 7.71. The zero-order valence-corrected chi connectivity index (χ0v) is 18.4. The van der Waals surface area contributed by atoms with Gasteiger partial charge >= 0.3 is 0 Å². The lowest BCUT2D eigenvalue weighted by Crippen LogP contribution is -2.31. The van der Waals surface area contributed by atoms with Crippen molar-refractivity contribution in [3.8, 4) is 5.75 Å². The molecule has 164 valence electrons. The summed E-state index contributed by atoms with van der Waals surface area (Å²) in [5, 5.41) is 11.5. The SMILES string of the molecule is CCCOc1cccc(C2C(=C(O)c3ccc(Cl)cc3)C(=O)C(=O)N2CCCOC)c1. The van der Waals surface area contributed by atoms with Gasteiger partial charge in [0.2, 0.25) is 0 Å². The predicted octanol–water partition coefficient (Wildman–Crippen LogP) is 4.59. The number of Topliss-reactive ketones (excluding diaryl/α,β-unsaturated/α-hetero) is 1. The molecule has 1 atom stereocenters. The minimum absolute atomic E-state index is 0.0531. The average Bonchev–Trinajstić information content (AvgIpc) is 3.03. The number of likely N-dealkylation sites (tertiary alicyclic amines) is 1. The standard InChI is InChI=1S/C24H26ClNO5/c1-3-13-31-19-7-4-6-17(15-19)21-20(22(27)16-8-10-18(25)11-9-16)23(28)24(29)26(21)12-5-14-30-2/h4,6-11,15,21,27H,3,5,12-14H2,1-2H3. The number of amides is 1. The highest BCUT2D eigenvalue weighted by Crippen LogP contribution is 2.40. The summed E-state index contributed by atoms with van der Waals surface area (Å²) in [5.74, 6) is -0.936. The highest BCUT2D eigenvalue weighted by atomic mass is 35.5. The second-order valence-corrected chi connectivity index (χ2v) is 7.70. The topological polar surface area (TPSA) is 76.1 Å². The van der Waals surface area contributed by atoms with Gasteiger partial charge in [-0.3, -0.25) is 9.59 Å². The number of ketones is 1. The number of carbonyl (C=O) groups is 2. The van der Waals surface area contributed by atoms with Crippen LogP contribution in [0.25, 0.3) is 5.76 Å². The average molecular weight is 444 g/mol. The highest BCUT2D eigenvalue weighted by molar-refractivity contribution is 6.46. The van der Waals surface area contributed by atoms with Crippen LogP contribution in [-0.2, 0) is 14.3 Å². The minimum Gasteiger partial charge on any atom is -0.507 e. The van der Waals surface area contributed by atoms with Gasteiger partial charge in [0.05, 0.1) is 18.2 Å². The van der Waals surface area contributed by atoms with Gasteiger partial charge in [-0.05, 0) is 54.8 Å². The molecule has 7 heteroatoms. The van der Waals surface area contributed by atoms with Crippen LogP contribution in [0.3, 0.4) is 0 Å². The molecule has 1 saturated heterocycles. The summed E-state index contributed by atoms with van der Waals surface area (Å²) in [6.45, 7) is 3.34. The molecule has 0 radical (unpaired) electrons. The first-order chi connectivity index (χ1) is 15.0. The maximum Gasteiger partial charge on any atom is 0.295 e. The molecular weight excluding hydrogens is 418 g/mol. The van der Waals surface area contributed by atoms with E-state index in [4.69, 9.17) is 21.1 Å². The molecule has 1 aliphatic heterocycles. The molecule has 31 heavy (non-hydrogen) atoms. The number of carbonyl (C=O) groups excluding carboxylic acids is 2. The van der Waals surface area contributed by atoms with Crippen LogP contribution in [0.15, 0.2) is 54.1 Å². The Balaban J connectivity index is 2.09. The molecule has 1 aliphatic rings. The second-order valence-electron chi connectivity index (χ2n) is 7.27. The van der Waals surface area contributed by atoms with Crippen molar-refractivity contribution in [2.45, 2.75) is 25.8 Å². The fourth-order valence-corrected chi connectivity index (χ4v) is 3.72. The lowest BCUT2D eigenvalue weighted by atomic mass is 9.95. The first-order valence-electron chi connectivity index (χ1n) is 10.2. The maximum atomic E-state index is 13.0. The Hall–Kier alpha value is -2.83. The van der Waals surface area contributed by atoms with Gasteiger partial charge in [0, 0.05) is 30.8 Å². The molecule has 0 bridgehead atoms. The van der Waals surface area contributed by atoms with Crippen molar-refractivity contribution in [3.63, 3.8) is 0 Å². The molecular formula is C24H26ClNO5. The third-order valence-electron chi connectivity index (χ3n) is 5.05. The lowest BCUT2D eigenvalue weighted by Gasteiger charge is -2.25.